The van der Waals surface area contributed by atoms with Gasteiger partial charge in [0.15, 0.2) is 0 Å². The molecule has 0 spiro atoms. The van der Waals surface area contributed by atoms with Crippen LogP contribution in [0.1, 0.15) is 66.1 Å². The van der Waals surface area contributed by atoms with Gasteiger partial charge >= 0.3 is 0 Å². The predicted octanol–water partition coefficient (Wildman–Crippen LogP) is 9.15. The summed E-state index contributed by atoms with van der Waals surface area (Å²) >= 11 is 0. The van der Waals surface area contributed by atoms with Crippen molar-refractivity contribution in [3.05, 3.63) is 124 Å². The highest BCUT2D eigenvalue weighted by molar-refractivity contribution is 7.82. The minimum atomic E-state index is -0.716. The summed E-state index contributed by atoms with van der Waals surface area (Å²) in [6.07, 6.45) is 1.93. The molecule has 1 heterocycles. The third-order valence-electron chi connectivity index (χ3n) is 8.06. The average Bonchev–Trinajstić information content (AvgIpc) is 3.27. The lowest BCUT2D eigenvalue weighted by Gasteiger charge is -2.35. The molecule has 2 nitrogen and oxygen atoms in total. The first-order valence-electron chi connectivity index (χ1n) is 13.9. The van der Waals surface area contributed by atoms with Crippen LogP contribution in [0.25, 0.3) is 0 Å². The maximum absolute atomic E-state index is 12.1. The van der Waals surface area contributed by atoms with Crippen LogP contribution in [0, 0.1) is 27.7 Å². The fourth-order valence-corrected chi connectivity index (χ4v) is 9.13. The molecule has 39 heavy (non-hydrogen) atoms. The van der Waals surface area contributed by atoms with Crippen molar-refractivity contribution in [2.45, 2.75) is 65.7 Å². The van der Waals surface area contributed by atoms with Crippen LogP contribution in [-0.4, -0.2) is 16.7 Å². The topological polar surface area (TPSA) is 32.6 Å². The lowest BCUT2D eigenvalue weighted by Crippen LogP contribution is -2.33. The summed E-state index contributed by atoms with van der Waals surface area (Å²) in [6, 6.07) is 30.5. The number of nitrogens with zero attached hydrogens (tertiary/aromatic N) is 1. The van der Waals surface area contributed by atoms with E-state index in [-0.39, 0.29) is 5.41 Å². The van der Waals surface area contributed by atoms with Gasteiger partial charge in [0, 0.05) is 5.56 Å². The summed E-state index contributed by atoms with van der Waals surface area (Å²) in [5.41, 5.74) is 9.53. The van der Waals surface area contributed by atoms with Gasteiger partial charge in [0.05, 0.1) is 16.6 Å². The molecule has 4 aromatic rings. The van der Waals surface area contributed by atoms with E-state index in [1.165, 1.54) is 38.6 Å². The smallest absolute Gasteiger partial charge is 0.123 e. The molecule has 0 aromatic heterocycles. The number of aliphatic imine (C=N–C) groups is 1. The minimum Gasteiger partial charge on any atom is -0.507 e. The van der Waals surface area contributed by atoms with Gasteiger partial charge in [0.25, 0.3) is 0 Å². The number of rotatable bonds is 4. The summed E-state index contributed by atoms with van der Waals surface area (Å²) in [7, 11) is -0.716. The lowest BCUT2D eigenvalue weighted by atomic mass is 9.70. The maximum atomic E-state index is 12.1. The van der Waals surface area contributed by atoms with Crippen LogP contribution >= 0.6 is 7.92 Å². The Bertz CT molecular complexity index is 1510. The van der Waals surface area contributed by atoms with Crippen molar-refractivity contribution in [2.24, 2.45) is 4.99 Å². The maximum Gasteiger partial charge on any atom is 0.123 e. The Labute approximate surface area is 235 Å². The molecule has 4 aromatic carbocycles. The van der Waals surface area contributed by atoms with E-state index in [9.17, 15) is 5.11 Å². The summed E-state index contributed by atoms with van der Waals surface area (Å²) in [4.78, 5) is 5.66. The number of hydrogen-bond acceptors (Lipinski definition) is 2. The Morgan fingerprint density at radius 3 is 1.92 bits per heavy atom. The van der Waals surface area contributed by atoms with E-state index < -0.39 is 13.3 Å². The summed E-state index contributed by atoms with van der Waals surface area (Å²) in [6.45, 7) is 15.2. The fourth-order valence-electron chi connectivity index (χ4n) is 6.28. The second kappa shape index (κ2) is 10.4. The second-order valence-electron chi connectivity index (χ2n) is 12.1. The molecular weight excluding hydrogens is 493 g/mol. The van der Waals surface area contributed by atoms with E-state index in [2.05, 4.69) is 133 Å². The molecule has 5 rings (SSSR count). The normalized spacial score (nSPS) is 20.5. The van der Waals surface area contributed by atoms with E-state index >= 15 is 0 Å². The van der Waals surface area contributed by atoms with Gasteiger partial charge in [0.1, 0.15) is 5.75 Å². The molecule has 1 aliphatic rings. The number of benzene rings is 4. The number of hydrogen-bond donors (Lipinski definition) is 1. The van der Waals surface area contributed by atoms with Crippen LogP contribution in [0.2, 0.25) is 0 Å². The SMILES string of the molecule is Cc1cc(C)c(N=C2P(c3ccccc3)CCC2(c2ccccc2)c2cc(C)cc(C(C)(C)C)c2O)c(C)c1. The lowest BCUT2D eigenvalue weighted by molar-refractivity contribution is 0.432. The van der Waals surface area contributed by atoms with Gasteiger partial charge in [0.2, 0.25) is 0 Å². The quantitative estimate of drug-likeness (QED) is 0.261. The fraction of sp³-hybridized carbons (Fsp3) is 0.306. The molecule has 0 aliphatic carbocycles. The zero-order chi connectivity index (χ0) is 27.9. The molecular formula is C36H40NOP. The van der Waals surface area contributed by atoms with Gasteiger partial charge in [-0.2, -0.15) is 0 Å². The Morgan fingerprint density at radius 1 is 0.769 bits per heavy atom. The van der Waals surface area contributed by atoms with Gasteiger partial charge in [-0.25, -0.2) is 0 Å². The standard InChI is InChI=1S/C36H40NOP/c1-24-20-26(3)32(27(4)21-24)37-34-36(28-14-10-8-11-15-28,18-19-39(34)29-16-12-9-13-17-29)31-23-25(2)22-30(33(31)38)35(5,6)7/h8-17,20-23,38H,18-19H2,1-7H3. The van der Waals surface area contributed by atoms with Crippen molar-refractivity contribution in [3.63, 3.8) is 0 Å². The second-order valence-corrected chi connectivity index (χ2v) is 14.4. The average molecular weight is 534 g/mol. The van der Waals surface area contributed by atoms with Gasteiger partial charge in [-0.1, -0.05) is 117 Å². The molecule has 0 amide bonds. The van der Waals surface area contributed by atoms with Crippen molar-refractivity contribution < 1.29 is 5.11 Å². The first-order valence-corrected chi connectivity index (χ1v) is 15.4. The summed E-state index contributed by atoms with van der Waals surface area (Å²) in [5.74, 6) is 0.409. The van der Waals surface area contributed by atoms with Crippen molar-refractivity contribution in [3.8, 4) is 5.75 Å². The molecule has 1 saturated heterocycles. The molecule has 2 unspecified atom stereocenters. The third-order valence-corrected chi connectivity index (χ3v) is 10.6. The largest absolute Gasteiger partial charge is 0.507 e. The molecule has 0 bridgehead atoms. The third kappa shape index (κ3) is 4.96. The molecule has 2 atom stereocenters. The highest BCUT2D eigenvalue weighted by atomic mass is 31.1. The van der Waals surface area contributed by atoms with E-state index in [4.69, 9.17) is 4.99 Å². The molecule has 1 N–H and O–H groups in total. The van der Waals surface area contributed by atoms with Crippen molar-refractivity contribution >= 4 is 24.4 Å². The Balaban J connectivity index is 1.90. The summed E-state index contributed by atoms with van der Waals surface area (Å²) < 4.78 is 0. The van der Waals surface area contributed by atoms with Crippen LogP contribution in [-0.2, 0) is 10.8 Å². The van der Waals surface area contributed by atoms with E-state index in [0.29, 0.717) is 5.75 Å². The van der Waals surface area contributed by atoms with E-state index in [0.717, 1.165) is 29.4 Å². The van der Waals surface area contributed by atoms with Crippen LogP contribution in [0.3, 0.4) is 0 Å². The van der Waals surface area contributed by atoms with Gasteiger partial charge in [-0.3, -0.25) is 4.99 Å². The highest BCUT2D eigenvalue weighted by Crippen LogP contribution is 2.60. The van der Waals surface area contributed by atoms with Gasteiger partial charge in [-0.05, 0) is 81.2 Å². The Kier molecular flexibility index (Phi) is 7.29. The molecule has 1 aliphatic heterocycles. The van der Waals surface area contributed by atoms with Crippen molar-refractivity contribution in [2.75, 3.05) is 6.16 Å². The van der Waals surface area contributed by atoms with Gasteiger partial charge in [-0.15, -0.1) is 0 Å². The molecule has 3 heteroatoms. The Morgan fingerprint density at radius 2 is 1.33 bits per heavy atom. The number of phenols is 1. The van der Waals surface area contributed by atoms with Crippen LogP contribution in [0.5, 0.6) is 5.75 Å². The number of phenolic OH excluding ortho intramolecular Hbond substituents is 1. The van der Waals surface area contributed by atoms with Gasteiger partial charge < -0.3 is 5.11 Å². The molecule has 200 valence electrons. The molecule has 0 radical (unpaired) electrons. The van der Waals surface area contributed by atoms with Crippen LogP contribution in [0.15, 0.2) is 89.9 Å². The first-order chi connectivity index (χ1) is 18.5. The summed E-state index contributed by atoms with van der Waals surface area (Å²) in [5, 5.41) is 13.4. The van der Waals surface area contributed by atoms with E-state index in [1.807, 2.05) is 0 Å². The highest BCUT2D eigenvalue weighted by Gasteiger charge is 2.50. The van der Waals surface area contributed by atoms with Crippen LogP contribution < -0.4 is 5.30 Å². The number of aromatic hydroxyl groups is 1. The predicted molar refractivity (Wildman–Crippen MR) is 169 cm³/mol. The monoisotopic (exact) mass is 533 g/mol. The van der Waals surface area contributed by atoms with E-state index in [1.54, 1.807) is 0 Å². The molecule has 0 saturated carbocycles. The van der Waals surface area contributed by atoms with Crippen LogP contribution in [0.4, 0.5) is 5.69 Å². The zero-order valence-corrected chi connectivity index (χ0v) is 25.2. The molecule has 1 fully saturated rings. The Hall–Kier alpha value is -3.22. The first kappa shape index (κ1) is 27.4. The van der Waals surface area contributed by atoms with Crippen molar-refractivity contribution in [1.29, 1.82) is 0 Å². The minimum absolute atomic E-state index is 0.188. The zero-order valence-electron chi connectivity index (χ0n) is 24.3. The van der Waals surface area contributed by atoms with Crippen molar-refractivity contribution in [1.82, 2.24) is 0 Å². The number of aryl methyl sites for hydroxylation is 4.